The second-order valence-electron chi connectivity index (χ2n) is 12.8. The van der Waals surface area contributed by atoms with Gasteiger partial charge < -0.3 is 19.6 Å². The van der Waals surface area contributed by atoms with E-state index in [9.17, 15) is 0 Å². The van der Waals surface area contributed by atoms with Gasteiger partial charge in [0.1, 0.15) is 0 Å². The van der Waals surface area contributed by atoms with Crippen LogP contribution in [0.1, 0.15) is 0 Å². The van der Waals surface area contributed by atoms with Crippen LogP contribution in [0, 0.1) is 0 Å². The van der Waals surface area contributed by atoms with Crippen LogP contribution in [0.5, 0.6) is 0 Å². The molecule has 0 aliphatic carbocycles. The number of fused-ring (bicyclic) bond motifs is 9. The van der Waals surface area contributed by atoms with Gasteiger partial charge in [0.2, 0.25) is 0 Å². The van der Waals surface area contributed by atoms with Crippen molar-refractivity contribution in [2.75, 3.05) is 47.8 Å². The summed E-state index contributed by atoms with van der Waals surface area (Å²) in [6.07, 6.45) is 0. The zero-order valence-electron chi connectivity index (χ0n) is 25.3. The fourth-order valence-corrected chi connectivity index (χ4v) is 8.80. The van der Waals surface area contributed by atoms with E-state index in [-0.39, 0.29) is 13.4 Å². The summed E-state index contributed by atoms with van der Waals surface area (Å²) in [4.78, 5) is 9.55. The van der Waals surface area contributed by atoms with E-state index in [4.69, 9.17) is 0 Å². The first-order valence-corrected chi connectivity index (χ1v) is 15.5. The quantitative estimate of drug-likeness (QED) is 0.257. The zero-order chi connectivity index (χ0) is 29.4. The van der Waals surface area contributed by atoms with Crippen LogP contribution in [0.4, 0.5) is 45.5 Å². The molecule has 0 amide bonds. The molecule has 0 aromatic heterocycles. The smallest absolute Gasteiger partial charge is 0.252 e. The maximum atomic E-state index is 2.48. The van der Waals surface area contributed by atoms with Crippen molar-refractivity contribution in [3.05, 3.63) is 109 Å². The molecule has 0 saturated carbocycles. The Morgan fingerprint density at radius 3 is 1.09 bits per heavy atom. The Kier molecular flexibility index (Phi) is 4.59. The molecule has 0 unspecified atom stereocenters. The van der Waals surface area contributed by atoms with E-state index in [0.29, 0.717) is 0 Å². The van der Waals surface area contributed by atoms with Crippen LogP contribution in [0.2, 0.25) is 0 Å². The minimum atomic E-state index is 0.196. The Bertz CT molecular complexity index is 2090. The summed E-state index contributed by atoms with van der Waals surface area (Å²) < 4.78 is 0. The maximum Gasteiger partial charge on any atom is 0.252 e. The van der Waals surface area contributed by atoms with Gasteiger partial charge in [-0.25, -0.2) is 0 Å². The highest BCUT2D eigenvalue weighted by Gasteiger charge is 2.43. The van der Waals surface area contributed by atoms with Gasteiger partial charge in [-0.15, -0.1) is 0 Å². The Labute approximate surface area is 258 Å². The molecule has 0 bridgehead atoms. The van der Waals surface area contributed by atoms with Crippen molar-refractivity contribution in [1.82, 2.24) is 0 Å². The first kappa shape index (κ1) is 24.4. The largest absolute Gasteiger partial charge is 0.345 e. The first-order chi connectivity index (χ1) is 21.5. The fraction of sp³-hybridized carbons (Fsp3) is 0.105. The van der Waals surface area contributed by atoms with Gasteiger partial charge in [-0.1, -0.05) is 60.7 Å². The van der Waals surface area contributed by atoms with Crippen molar-refractivity contribution in [3.63, 3.8) is 0 Å². The molecule has 0 fully saturated rings. The normalized spacial score (nSPS) is 15.0. The summed E-state index contributed by atoms with van der Waals surface area (Å²) in [6, 6.07) is 41.3. The molecule has 44 heavy (non-hydrogen) atoms. The molecule has 4 heterocycles. The third-order valence-corrected chi connectivity index (χ3v) is 10.8. The predicted octanol–water partition coefficient (Wildman–Crippen LogP) is 4.20. The molecule has 0 saturated heterocycles. The van der Waals surface area contributed by atoms with E-state index in [1.807, 2.05) is 0 Å². The monoisotopic (exact) mass is 564 g/mol. The van der Waals surface area contributed by atoms with Gasteiger partial charge in [0, 0.05) is 73.7 Å². The van der Waals surface area contributed by atoms with Gasteiger partial charge in [-0.2, -0.15) is 0 Å². The molecule has 6 aromatic rings. The lowest BCUT2D eigenvalue weighted by atomic mass is 9.33. The van der Waals surface area contributed by atoms with Crippen molar-refractivity contribution in [3.8, 4) is 0 Å². The summed E-state index contributed by atoms with van der Waals surface area (Å²) in [5, 5.41) is 2.59. The average Bonchev–Trinajstić information content (AvgIpc) is 3.06. The lowest BCUT2D eigenvalue weighted by Crippen LogP contribution is -2.62. The lowest BCUT2D eigenvalue weighted by Gasteiger charge is -2.43. The third kappa shape index (κ3) is 2.86. The van der Waals surface area contributed by atoms with Crippen molar-refractivity contribution < 1.29 is 0 Å². The summed E-state index contributed by atoms with van der Waals surface area (Å²) in [6.45, 7) is 0.393. The highest BCUT2D eigenvalue weighted by Crippen LogP contribution is 2.39. The van der Waals surface area contributed by atoms with Gasteiger partial charge >= 0.3 is 0 Å². The predicted molar refractivity (Wildman–Crippen MR) is 191 cm³/mol. The highest BCUT2D eigenvalue weighted by atomic mass is 15.2. The lowest BCUT2D eigenvalue weighted by molar-refractivity contribution is 1.18. The van der Waals surface area contributed by atoms with E-state index in [0.717, 1.165) is 0 Å². The van der Waals surface area contributed by atoms with Gasteiger partial charge in [-0.3, -0.25) is 0 Å². The van der Waals surface area contributed by atoms with Crippen molar-refractivity contribution in [1.29, 1.82) is 0 Å². The van der Waals surface area contributed by atoms with Crippen LogP contribution in [0.25, 0.3) is 10.8 Å². The molecule has 0 atom stereocenters. The minimum absolute atomic E-state index is 0.196. The highest BCUT2D eigenvalue weighted by molar-refractivity contribution is 7.01. The summed E-state index contributed by atoms with van der Waals surface area (Å²) in [5.74, 6) is 0. The summed E-state index contributed by atoms with van der Waals surface area (Å²) >= 11 is 0. The number of benzene rings is 6. The Morgan fingerprint density at radius 1 is 0.341 bits per heavy atom. The van der Waals surface area contributed by atoms with Crippen LogP contribution in [0.15, 0.2) is 109 Å². The molecule has 6 heteroatoms. The molecule has 0 radical (unpaired) electrons. The molecule has 4 nitrogen and oxygen atoms in total. The number of hydrogen-bond donors (Lipinski definition) is 0. The van der Waals surface area contributed by atoms with Crippen LogP contribution < -0.4 is 52.4 Å². The molecule has 10 rings (SSSR count). The van der Waals surface area contributed by atoms with E-state index in [1.165, 1.54) is 89.0 Å². The standard InChI is InChI=1S/C38H30B2N4/c1-41-29-13-7-5-11-25(29)39-27-19-23-22-36-28(20-24(23)21-35(27)43(3)33-17-9-15-31(41)37(33)39)40-26-12-6-8-14-30(26)42(2)32-16-10-18-34(38(32)40)44(36)4/h5-22H,1-4H3. The van der Waals surface area contributed by atoms with Crippen LogP contribution >= 0.6 is 0 Å². The van der Waals surface area contributed by atoms with Crippen molar-refractivity contribution in [2.45, 2.75) is 0 Å². The van der Waals surface area contributed by atoms with E-state index >= 15 is 0 Å². The third-order valence-electron chi connectivity index (χ3n) is 10.8. The average molecular weight is 564 g/mol. The number of hydrogen-bond acceptors (Lipinski definition) is 4. The van der Waals surface area contributed by atoms with Crippen molar-refractivity contribution >= 4 is 102 Å². The first-order valence-electron chi connectivity index (χ1n) is 15.5. The Morgan fingerprint density at radius 2 is 0.682 bits per heavy atom. The zero-order valence-corrected chi connectivity index (χ0v) is 25.3. The molecule has 4 aliphatic rings. The van der Waals surface area contributed by atoms with Gasteiger partial charge in [-0.05, 0) is 92.1 Å². The summed E-state index contributed by atoms with van der Waals surface area (Å²) in [7, 11) is 8.87. The molecule has 0 N–H and O–H groups in total. The summed E-state index contributed by atoms with van der Waals surface area (Å²) in [5.41, 5.74) is 18.7. The molecule has 208 valence electrons. The van der Waals surface area contributed by atoms with Crippen LogP contribution in [0.3, 0.4) is 0 Å². The van der Waals surface area contributed by atoms with Crippen LogP contribution in [-0.4, -0.2) is 41.6 Å². The van der Waals surface area contributed by atoms with Crippen molar-refractivity contribution in [2.24, 2.45) is 0 Å². The number of anilines is 8. The number of para-hydroxylation sites is 2. The fourth-order valence-electron chi connectivity index (χ4n) is 8.80. The molecular formula is C38H30B2N4. The van der Waals surface area contributed by atoms with Gasteiger partial charge in [0.15, 0.2) is 0 Å². The Hall–Kier alpha value is -5.09. The second-order valence-corrected chi connectivity index (χ2v) is 12.8. The second kappa shape index (κ2) is 8.29. The number of rotatable bonds is 0. The SMILES string of the molecule is CN1c2ccccc2B2c3cc4cc5c(cc4cc3N(C)c3cccc1c32)B1c2ccccc2N(C)c2cccc(c21)N5C. The topological polar surface area (TPSA) is 13.0 Å². The maximum absolute atomic E-state index is 2.48. The van der Waals surface area contributed by atoms with E-state index < -0.39 is 0 Å². The van der Waals surface area contributed by atoms with E-state index in [1.54, 1.807) is 0 Å². The van der Waals surface area contributed by atoms with Crippen LogP contribution in [-0.2, 0) is 0 Å². The number of nitrogens with zero attached hydrogens (tertiary/aromatic N) is 4. The van der Waals surface area contributed by atoms with Gasteiger partial charge in [0.05, 0.1) is 0 Å². The Balaban J connectivity index is 1.24. The molecule has 0 spiro atoms. The molecular weight excluding hydrogens is 534 g/mol. The molecule has 6 aromatic carbocycles. The minimum Gasteiger partial charge on any atom is -0.345 e. The van der Waals surface area contributed by atoms with E-state index in [2.05, 4.69) is 157 Å². The van der Waals surface area contributed by atoms with Gasteiger partial charge in [0.25, 0.3) is 13.4 Å². The molecule has 4 aliphatic heterocycles.